The zero-order chi connectivity index (χ0) is 23.5. The zero-order valence-corrected chi connectivity index (χ0v) is 19.4. The molecule has 9 nitrogen and oxygen atoms in total. The van der Waals surface area contributed by atoms with Crippen LogP contribution in [0.15, 0.2) is 42.7 Å². The molecular weight excluding hydrogens is 444 g/mol. The SMILES string of the molecule is COc1ccc2c(c1)c(C(=O)C(=O)Nc1ccnc(OC)c1)c(C)n2Cc1cnc(OC)s1. The van der Waals surface area contributed by atoms with Crippen molar-refractivity contribution < 1.29 is 23.8 Å². The molecule has 0 fully saturated rings. The average Bonchev–Trinajstić information content (AvgIpc) is 3.40. The van der Waals surface area contributed by atoms with E-state index in [-0.39, 0.29) is 0 Å². The van der Waals surface area contributed by atoms with Crippen molar-refractivity contribution in [3.63, 3.8) is 0 Å². The van der Waals surface area contributed by atoms with Crippen LogP contribution in [0.5, 0.6) is 16.8 Å². The quantitative estimate of drug-likeness (QED) is 0.312. The lowest BCUT2D eigenvalue weighted by molar-refractivity contribution is -0.112. The molecule has 1 aromatic carbocycles. The molecule has 0 spiro atoms. The van der Waals surface area contributed by atoms with Gasteiger partial charge in [0.15, 0.2) is 0 Å². The number of methoxy groups -OCH3 is 3. The number of amides is 1. The average molecular weight is 467 g/mol. The molecule has 1 amide bonds. The van der Waals surface area contributed by atoms with Crippen molar-refractivity contribution in [1.29, 1.82) is 0 Å². The fraction of sp³-hybridized carbons (Fsp3) is 0.217. The second kappa shape index (κ2) is 9.29. The number of pyridine rings is 1. The molecule has 0 atom stereocenters. The number of nitrogens with one attached hydrogen (secondary N) is 1. The Morgan fingerprint density at radius 3 is 2.58 bits per heavy atom. The Hall–Kier alpha value is -3.92. The van der Waals surface area contributed by atoms with Crippen LogP contribution >= 0.6 is 11.3 Å². The van der Waals surface area contributed by atoms with E-state index in [4.69, 9.17) is 14.2 Å². The molecule has 0 saturated carbocycles. The molecule has 4 rings (SSSR count). The van der Waals surface area contributed by atoms with Gasteiger partial charge in [-0.15, -0.1) is 0 Å². The van der Waals surface area contributed by atoms with E-state index in [0.29, 0.717) is 45.7 Å². The number of hydrogen-bond acceptors (Lipinski definition) is 8. The van der Waals surface area contributed by atoms with E-state index < -0.39 is 11.7 Å². The van der Waals surface area contributed by atoms with Gasteiger partial charge in [0, 0.05) is 45.6 Å². The number of anilines is 1. The summed E-state index contributed by atoms with van der Waals surface area (Å²) in [7, 11) is 4.60. The molecule has 0 saturated heterocycles. The molecule has 170 valence electrons. The molecule has 33 heavy (non-hydrogen) atoms. The highest BCUT2D eigenvalue weighted by Gasteiger charge is 2.26. The van der Waals surface area contributed by atoms with Gasteiger partial charge in [-0.25, -0.2) is 9.97 Å². The first-order valence-electron chi connectivity index (χ1n) is 9.96. The molecule has 0 aliphatic heterocycles. The Kier molecular flexibility index (Phi) is 6.27. The number of fused-ring (bicyclic) bond motifs is 1. The van der Waals surface area contributed by atoms with Crippen LogP contribution in [0.1, 0.15) is 20.9 Å². The summed E-state index contributed by atoms with van der Waals surface area (Å²) >= 11 is 1.42. The summed E-state index contributed by atoms with van der Waals surface area (Å²) < 4.78 is 17.6. The van der Waals surface area contributed by atoms with Crippen molar-refractivity contribution in [2.24, 2.45) is 0 Å². The second-order valence-corrected chi connectivity index (χ2v) is 8.17. The minimum absolute atomic E-state index is 0.318. The van der Waals surface area contributed by atoms with Crippen LogP contribution in [0.2, 0.25) is 0 Å². The van der Waals surface area contributed by atoms with Crippen molar-refractivity contribution in [3.05, 3.63) is 58.9 Å². The molecule has 1 N–H and O–H groups in total. The zero-order valence-electron chi connectivity index (χ0n) is 18.5. The molecule has 0 aliphatic carbocycles. The standard InChI is InChI=1S/C23H22N4O5S/c1-13-20(21(28)22(29)26-14-7-8-24-19(9-14)31-3)17-10-15(30-2)5-6-18(17)27(13)12-16-11-25-23(32-4)33-16/h5-11H,12H2,1-4H3,(H,24,26,29). The number of ether oxygens (including phenoxy) is 3. The van der Waals surface area contributed by atoms with Crippen LogP contribution in [0.3, 0.4) is 0 Å². The number of ketones is 1. The lowest BCUT2D eigenvalue weighted by Gasteiger charge is -2.08. The number of benzene rings is 1. The summed E-state index contributed by atoms with van der Waals surface area (Å²) in [5.41, 5.74) is 2.20. The summed E-state index contributed by atoms with van der Waals surface area (Å²) in [6.07, 6.45) is 3.23. The molecule has 3 aromatic heterocycles. The number of hydrogen-bond donors (Lipinski definition) is 1. The van der Waals surface area contributed by atoms with Crippen LogP contribution in [0, 0.1) is 6.92 Å². The smallest absolute Gasteiger partial charge is 0.296 e. The van der Waals surface area contributed by atoms with E-state index in [2.05, 4.69) is 15.3 Å². The summed E-state index contributed by atoms with van der Waals surface area (Å²) in [5, 5.41) is 3.83. The molecule has 3 heterocycles. The first-order chi connectivity index (χ1) is 15.9. The van der Waals surface area contributed by atoms with Crippen LogP contribution < -0.4 is 19.5 Å². The number of aromatic nitrogens is 3. The molecule has 10 heteroatoms. The van der Waals surface area contributed by atoms with Crippen molar-refractivity contribution in [3.8, 4) is 16.8 Å². The molecule has 0 bridgehead atoms. The number of Topliss-reactive ketones (excluding diaryl/α,β-unsaturated/α-hetero) is 1. The van der Waals surface area contributed by atoms with Crippen molar-refractivity contribution in [1.82, 2.24) is 14.5 Å². The number of carbonyl (C=O) groups excluding carboxylic acids is 2. The van der Waals surface area contributed by atoms with Gasteiger partial charge in [-0.2, -0.15) is 0 Å². The van der Waals surface area contributed by atoms with E-state index in [1.165, 1.54) is 24.6 Å². The Morgan fingerprint density at radius 1 is 1.06 bits per heavy atom. The maximum absolute atomic E-state index is 13.3. The number of rotatable bonds is 8. The fourth-order valence-electron chi connectivity index (χ4n) is 3.59. The highest BCUT2D eigenvalue weighted by Crippen LogP contribution is 2.32. The van der Waals surface area contributed by atoms with Gasteiger partial charge < -0.3 is 24.1 Å². The van der Waals surface area contributed by atoms with Crippen LogP contribution in [-0.4, -0.2) is 47.6 Å². The van der Waals surface area contributed by atoms with Gasteiger partial charge in [0.25, 0.3) is 16.9 Å². The van der Waals surface area contributed by atoms with Crippen molar-refractivity contribution >= 4 is 39.6 Å². The van der Waals surface area contributed by atoms with E-state index in [1.54, 1.807) is 38.6 Å². The molecular formula is C23H22N4O5S. The Bertz CT molecular complexity index is 1340. The van der Waals surface area contributed by atoms with Crippen LogP contribution in [-0.2, 0) is 11.3 Å². The Morgan fingerprint density at radius 2 is 1.88 bits per heavy atom. The molecule has 0 unspecified atom stereocenters. The van der Waals surface area contributed by atoms with Gasteiger partial charge in [0.05, 0.1) is 33.4 Å². The first-order valence-corrected chi connectivity index (χ1v) is 10.8. The van der Waals surface area contributed by atoms with Gasteiger partial charge >= 0.3 is 0 Å². The minimum Gasteiger partial charge on any atom is -0.497 e. The lowest BCUT2D eigenvalue weighted by Crippen LogP contribution is -2.23. The van der Waals surface area contributed by atoms with E-state index in [1.807, 2.05) is 23.6 Å². The van der Waals surface area contributed by atoms with E-state index in [0.717, 1.165) is 10.4 Å². The molecule has 4 aromatic rings. The Balaban J connectivity index is 1.74. The summed E-state index contributed by atoms with van der Waals surface area (Å²) in [6, 6.07) is 8.60. The monoisotopic (exact) mass is 466 g/mol. The third-order valence-corrected chi connectivity index (χ3v) is 6.13. The predicted molar refractivity (Wildman–Crippen MR) is 125 cm³/mol. The fourth-order valence-corrected chi connectivity index (χ4v) is 4.30. The number of nitrogens with zero attached hydrogens (tertiary/aromatic N) is 3. The maximum Gasteiger partial charge on any atom is 0.296 e. The highest BCUT2D eigenvalue weighted by atomic mass is 32.1. The van der Waals surface area contributed by atoms with Gasteiger partial charge in [-0.3, -0.25) is 9.59 Å². The first kappa shape index (κ1) is 22.3. The largest absolute Gasteiger partial charge is 0.497 e. The van der Waals surface area contributed by atoms with Crippen molar-refractivity contribution in [2.45, 2.75) is 13.5 Å². The predicted octanol–water partition coefficient (Wildman–Crippen LogP) is 3.70. The number of thiazole rings is 1. The minimum atomic E-state index is -0.757. The second-order valence-electron chi connectivity index (χ2n) is 7.10. The topological polar surface area (TPSA) is 105 Å². The Labute approximate surface area is 193 Å². The number of carbonyl (C=O) groups is 2. The summed E-state index contributed by atoms with van der Waals surface area (Å²) in [5.74, 6) is -0.486. The third-order valence-electron chi connectivity index (χ3n) is 5.19. The van der Waals surface area contributed by atoms with E-state index >= 15 is 0 Å². The third kappa shape index (κ3) is 4.37. The van der Waals surface area contributed by atoms with Gasteiger partial charge in [-0.05, 0) is 31.2 Å². The van der Waals surface area contributed by atoms with Crippen LogP contribution in [0.25, 0.3) is 10.9 Å². The summed E-state index contributed by atoms with van der Waals surface area (Å²) in [6.45, 7) is 2.30. The summed E-state index contributed by atoms with van der Waals surface area (Å²) in [4.78, 5) is 35.4. The normalized spacial score (nSPS) is 10.8. The van der Waals surface area contributed by atoms with Gasteiger partial charge in [0.1, 0.15) is 5.75 Å². The maximum atomic E-state index is 13.3. The molecule has 0 aliphatic rings. The highest BCUT2D eigenvalue weighted by molar-refractivity contribution is 7.13. The lowest BCUT2D eigenvalue weighted by atomic mass is 10.1. The van der Waals surface area contributed by atoms with Gasteiger partial charge in [-0.1, -0.05) is 11.3 Å². The van der Waals surface area contributed by atoms with Gasteiger partial charge in [0.2, 0.25) is 5.88 Å². The molecule has 0 radical (unpaired) electrons. The van der Waals surface area contributed by atoms with Crippen molar-refractivity contribution in [2.75, 3.05) is 26.6 Å². The van der Waals surface area contributed by atoms with Crippen LogP contribution in [0.4, 0.5) is 5.69 Å². The van der Waals surface area contributed by atoms with E-state index in [9.17, 15) is 9.59 Å².